The van der Waals surface area contributed by atoms with E-state index in [1.165, 1.54) is 38.9 Å². The van der Waals surface area contributed by atoms with E-state index in [1.54, 1.807) is 24.8 Å². The summed E-state index contributed by atoms with van der Waals surface area (Å²) in [5.41, 5.74) is 29.0. The van der Waals surface area contributed by atoms with Crippen molar-refractivity contribution < 1.29 is 80.4 Å². The zero-order valence-electron chi connectivity index (χ0n) is 69.9. The Morgan fingerprint density at radius 1 is 0.173 bits per heavy atom. The van der Waals surface area contributed by atoms with Gasteiger partial charge >= 0.3 is 0 Å². The smallest absolute Gasteiger partial charge is 0.0266 e. The molecule has 0 saturated carbocycles. The molecule has 0 saturated heterocycles. The van der Waals surface area contributed by atoms with Crippen molar-refractivity contribution in [2.24, 2.45) is 0 Å². The van der Waals surface area contributed by atoms with Crippen molar-refractivity contribution in [3.05, 3.63) is 533 Å². The first-order valence-electron chi connectivity index (χ1n) is 40.3. The standard InChI is InChI=1S/2C18H14N.2C17H12N.C12H10N.3C11H8N.4Ir/c2*1-14-7-5-6-10-17(14)16-11-12-18(19-13-16)15-8-3-2-4-9-15;1-3-7-14(8-4-1)16-11-12-17(18-13-16)15-9-5-2-6-10-15;1-2-6-14(7-3-1)15-9-11-16(12-10-15)17-8-4-5-13-18-17;1-10-6-5-9-12(13-10)11-7-3-2-4-8-11;3*1-2-6-10(7-3-1)11-8-4-5-9-12-11;;;;/h2*2-8,10-13H,1H3;1-9,11-13H;1-11,13H;2-7,9H,1H3;3*1-6,8-9H;;;;/q8*-1;;;;. The molecular formula is C115H86Ir4N8-8. The second-order valence-electron chi connectivity index (χ2n) is 27.6. The van der Waals surface area contributed by atoms with E-state index < -0.39 is 0 Å². The van der Waals surface area contributed by atoms with E-state index in [9.17, 15) is 0 Å². The van der Waals surface area contributed by atoms with Crippen LogP contribution in [0.1, 0.15) is 16.8 Å². The molecule has 4 radical (unpaired) electrons. The van der Waals surface area contributed by atoms with Gasteiger partial charge in [-0.05, 0) is 141 Å². The summed E-state index contributed by atoms with van der Waals surface area (Å²) in [5, 5.41) is 0. The normalized spacial score (nSPS) is 9.76. The molecule has 12 heteroatoms. The molecule has 0 aliphatic carbocycles. The van der Waals surface area contributed by atoms with E-state index in [0.29, 0.717) is 0 Å². The third-order valence-electron chi connectivity index (χ3n) is 18.9. The summed E-state index contributed by atoms with van der Waals surface area (Å²) in [6.45, 7) is 6.23. The Hall–Kier alpha value is -13.6. The fraction of sp³-hybridized carbons (Fsp3) is 0.0261. The zero-order chi connectivity index (χ0) is 84.3. The molecule has 20 aromatic rings. The fourth-order valence-electron chi connectivity index (χ4n) is 12.6. The molecule has 8 aromatic heterocycles. The molecule has 0 bridgehead atoms. The molecule has 0 aliphatic heterocycles. The number of rotatable bonds is 12. The van der Waals surface area contributed by atoms with Crippen LogP contribution in [0.3, 0.4) is 0 Å². The van der Waals surface area contributed by atoms with Gasteiger partial charge in [-0.25, -0.2) is 0 Å². The van der Waals surface area contributed by atoms with Gasteiger partial charge in [-0.2, -0.15) is 0 Å². The van der Waals surface area contributed by atoms with Gasteiger partial charge in [0.15, 0.2) is 0 Å². The van der Waals surface area contributed by atoms with E-state index in [0.717, 1.165) is 112 Å². The van der Waals surface area contributed by atoms with E-state index >= 15 is 0 Å². The zero-order valence-corrected chi connectivity index (χ0v) is 79.4. The van der Waals surface area contributed by atoms with Crippen LogP contribution in [0.15, 0.2) is 468 Å². The first-order valence-corrected chi connectivity index (χ1v) is 40.3. The van der Waals surface area contributed by atoms with Crippen LogP contribution in [0, 0.1) is 69.3 Å². The van der Waals surface area contributed by atoms with Crippen molar-refractivity contribution in [1.29, 1.82) is 0 Å². The summed E-state index contributed by atoms with van der Waals surface area (Å²) in [6.07, 6.45) is 12.9. The van der Waals surface area contributed by atoms with E-state index in [2.05, 4.69) is 205 Å². The molecule has 0 atom stereocenters. The van der Waals surface area contributed by atoms with Crippen molar-refractivity contribution in [3.8, 4) is 135 Å². The number of nitrogens with zero attached hydrogens (tertiary/aromatic N) is 8. The second kappa shape index (κ2) is 54.2. The van der Waals surface area contributed by atoms with Crippen molar-refractivity contribution in [3.63, 3.8) is 0 Å². The van der Waals surface area contributed by atoms with Crippen LogP contribution < -0.4 is 0 Å². The van der Waals surface area contributed by atoms with Crippen molar-refractivity contribution in [2.75, 3.05) is 0 Å². The van der Waals surface area contributed by atoms with Crippen LogP contribution in [0.5, 0.6) is 0 Å². The minimum atomic E-state index is 0. The van der Waals surface area contributed by atoms with Crippen LogP contribution in [-0.2, 0) is 80.4 Å². The predicted octanol–water partition coefficient (Wildman–Crippen LogP) is 28.0. The maximum Gasteiger partial charge on any atom is 0.0266 e. The van der Waals surface area contributed by atoms with Crippen LogP contribution in [0.2, 0.25) is 0 Å². The number of hydrogen-bond donors (Lipinski definition) is 0. The molecule has 20 rings (SSSR count). The molecule has 0 fully saturated rings. The van der Waals surface area contributed by atoms with Gasteiger partial charge in [0.25, 0.3) is 0 Å². The first-order chi connectivity index (χ1) is 60.8. The first kappa shape index (κ1) is 97.2. The molecule has 12 aromatic carbocycles. The minimum Gasteiger partial charge on any atom is -0.305 e. The maximum atomic E-state index is 4.54. The van der Waals surface area contributed by atoms with Crippen molar-refractivity contribution in [2.45, 2.75) is 20.8 Å². The molecular weight excluding hydrogens is 2260 g/mol. The Bertz CT molecular complexity index is 5700. The van der Waals surface area contributed by atoms with Crippen molar-refractivity contribution >= 4 is 0 Å². The van der Waals surface area contributed by atoms with Crippen molar-refractivity contribution in [1.82, 2.24) is 39.9 Å². The van der Waals surface area contributed by atoms with E-state index in [4.69, 9.17) is 0 Å². The number of pyridine rings is 8. The molecule has 8 nitrogen and oxygen atoms in total. The van der Waals surface area contributed by atoms with Crippen LogP contribution >= 0.6 is 0 Å². The van der Waals surface area contributed by atoms with Gasteiger partial charge in [-0.1, -0.05) is 217 Å². The summed E-state index contributed by atoms with van der Waals surface area (Å²) in [7, 11) is 0. The summed E-state index contributed by atoms with van der Waals surface area (Å²) in [5.74, 6) is 0. The predicted molar refractivity (Wildman–Crippen MR) is 504 cm³/mol. The Labute approximate surface area is 801 Å². The third kappa shape index (κ3) is 31.0. The summed E-state index contributed by atoms with van der Waals surface area (Å²) in [6, 6.07) is 166. The number of aromatic nitrogens is 8. The largest absolute Gasteiger partial charge is 0.305 e. The van der Waals surface area contributed by atoms with Gasteiger partial charge < -0.3 is 39.9 Å². The number of aryl methyl sites for hydroxylation is 3. The minimum absolute atomic E-state index is 0. The SMILES string of the molecule is Cc1cccc(-c2[c-]cccc2)n1.Cc1ccccc1-c1ccc(-c2[c-]cccc2)nc1.Cc1ccccc1-c1ccc(-c2[c-]cccc2)nc1.[Ir].[Ir].[Ir].[Ir].[c-]1cc(-c2ccccc2)ccc1-c1ccccn1.[c-]1ccccc1-c1ccc(-c2ccccc2)cn1.[c-]1ccccc1-c1ccccn1.[c-]1ccccc1-c1ccccn1.[c-]1ccccc1-c1ccccn1. The van der Waals surface area contributed by atoms with Gasteiger partial charge in [0.05, 0.1) is 0 Å². The Morgan fingerprint density at radius 2 is 0.433 bits per heavy atom. The van der Waals surface area contributed by atoms with Gasteiger partial charge in [0.2, 0.25) is 0 Å². The molecule has 0 amide bonds. The molecule has 8 heterocycles. The summed E-state index contributed by atoms with van der Waals surface area (Å²) in [4.78, 5) is 34.9. The molecule has 630 valence electrons. The van der Waals surface area contributed by atoms with Gasteiger partial charge in [-0.3, -0.25) is 0 Å². The topological polar surface area (TPSA) is 103 Å². The number of hydrogen-bond acceptors (Lipinski definition) is 8. The third-order valence-corrected chi connectivity index (χ3v) is 18.9. The Morgan fingerprint density at radius 3 is 0.701 bits per heavy atom. The van der Waals surface area contributed by atoms with Crippen LogP contribution in [-0.4, -0.2) is 39.9 Å². The molecule has 0 unspecified atom stereocenters. The average molecular weight is 2350 g/mol. The van der Waals surface area contributed by atoms with E-state index in [-0.39, 0.29) is 80.4 Å². The maximum absolute atomic E-state index is 4.54. The van der Waals surface area contributed by atoms with Gasteiger partial charge in [0.1, 0.15) is 0 Å². The quantitative estimate of drug-likeness (QED) is 0.111. The fourth-order valence-corrected chi connectivity index (χ4v) is 12.6. The average Bonchev–Trinajstić information content (AvgIpc) is 0.869. The van der Waals surface area contributed by atoms with Gasteiger partial charge in [-0.15, -0.1) is 281 Å². The van der Waals surface area contributed by atoms with Crippen LogP contribution in [0.4, 0.5) is 0 Å². The molecule has 0 aliphatic rings. The van der Waals surface area contributed by atoms with Gasteiger partial charge in [0, 0.05) is 129 Å². The summed E-state index contributed by atoms with van der Waals surface area (Å²) >= 11 is 0. The monoisotopic (exact) mass is 2350 g/mol. The Balaban J connectivity index is 0.000000164. The summed E-state index contributed by atoms with van der Waals surface area (Å²) < 4.78 is 0. The molecule has 0 N–H and O–H groups in total. The molecule has 127 heavy (non-hydrogen) atoms. The second-order valence-corrected chi connectivity index (χ2v) is 27.6. The Kier molecular flexibility index (Phi) is 41.5. The van der Waals surface area contributed by atoms with E-state index in [1.807, 2.05) is 347 Å². The molecule has 0 spiro atoms. The number of benzene rings is 12. The van der Waals surface area contributed by atoms with Crippen LogP contribution in [0.25, 0.3) is 135 Å².